The van der Waals surface area contributed by atoms with E-state index in [1.165, 1.54) is 18.5 Å². The van der Waals surface area contributed by atoms with Gasteiger partial charge in [-0.05, 0) is 24.1 Å². The fourth-order valence-corrected chi connectivity index (χ4v) is 5.28. The maximum absolute atomic E-state index is 12.5. The normalized spacial score (nSPS) is 10.6. The molecule has 0 saturated carbocycles. The smallest absolute Gasteiger partial charge is 0.294 e. The number of nitrogens with zero attached hydrogens (tertiary/aromatic N) is 2. The molecule has 0 unspecified atom stereocenters. The number of methoxy groups -OCH3 is 1. The Kier molecular flexibility index (Phi) is 7.54. The average Bonchev–Trinajstić information content (AvgIpc) is 3.15. The number of hydrogen-bond donors (Lipinski definition) is 1. The molecular weight excluding hydrogens is 469 g/mol. The van der Waals surface area contributed by atoms with Crippen molar-refractivity contribution < 1.29 is 14.5 Å². The number of amides is 1. The van der Waals surface area contributed by atoms with E-state index in [2.05, 4.69) is 10.3 Å². The molecule has 1 aromatic carbocycles. The molecule has 0 radical (unpaired) electrons. The topological polar surface area (TPSA) is 94.4 Å². The van der Waals surface area contributed by atoms with Crippen molar-refractivity contribution in [2.75, 3.05) is 13.7 Å². The molecule has 1 amide bonds. The number of benzene rings is 1. The summed E-state index contributed by atoms with van der Waals surface area (Å²) in [5.41, 5.74) is 0.830. The molecule has 7 nitrogen and oxygen atoms in total. The number of aromatic nitrogens is 1. The van der Waals surface area contributed by atoms with Crippen LogP contribution < -0.4 is 10.1 Å². The zero-order chi connectivity index (χ0) is 21.7. The summed E-state index contributed by atoms with van der Waals surface area (Å²) in [6.07, 6.45) is 3.41. The molecular formula is C19H15Cl2N3O4S2. The standard InChI is InChI=1S/C19H15Cl2N3O4S2/c1-28-12-4-2-3-11(7-12)5-6-23-18(25)16-8-15(24(26)27)19(29-16)30-17-13(20)9-22-10-14(17)21/h2-4,7-10H,5-6H2,1H3,(H,23,25). The van der Waals surface area contributed by atoms with Gasteiger partial charge >= 0.3 is 0 Å². The van der Waals surface area contributed by atoms with Gasteiger partial charge in [0.15, 0.2) is 0 Å². The lowest BCUT2D eigenvalue weighted by Gasteiger charge is -2.06. The molecule has 0 bridgehead atoms. The van der Waals surface area contributed by atoms with E-state index < -0.39 is 4.92 Å². The molecule has 1 N–H and O–H groups in total. The van der Waals surface area contributed by atoms with Crippen molar-refractivity contribution in [1.29, 1.82) is 0 Å². The summed E-state index contributed by atoms with van der Waals surface area (Å²) in [5.74, 6) is 0.354. The molecule has 0 atom stereocenters. The second-order valence-corrected chi connectivity index (χ2v) is 9.08. The first-order chi connectivity index (χ1) is 14.4. The Morgan fingerprint density at radius 3 is 2.70 bits per heavy atom. The van der Waals surface area contributed by atoms with Crippen LogP contribution in [0.1, 0.15) is 15.2 Å². The van der Waals surface area contributed by atoms with Crippen molar-refractivity contribution in [2.45, 2.75) is 15.5 Å². The van der Waals surface area contributed by atoms with Gasteiger partial charge in [-0.25, -0.2) is 0 Å². The highest BCUT2D eigenvalue weighted by molar-refractivity contribution is 8.01. The van der Waals surface area contributed by atoms with Crippen LogP contribution in [0.15, 0.2) is 51.8 Å². The van der Waals surface area contributed by atoms with Crippen molar-refractivity contribution in [3.8, 4) is 5.75 Å². The molecule has 0 fully saturated rings. The van der Waals surface area contributed by atoms with Crippen LogP contribution >= 0.6 is 46.3 Å². The lowest BCUT2D eigenvalue weighted by molar-refractivity contribution is -0.387. The molecule has 0 saturated heterocycles. The highest BCUT2D eigenvalue weighted by Crippen LogP contribution is 2.45. The van der Waals surface area contributed by atoms with E-state index in [1.807, 2.05) is 24.3 Å². The second-order valence-electron chi connectivity index (χ2n) is 5.93. The minimum Gasteiger partial charge on any atom is -0.497 e. The predicted octanol–water partition coefficient (Wildman–Crippen LogP) is 5.49. The van der Waals surface area contributed by atoms with Crippen LogP contribution in [-0.4, -0.2) is 29.5 Å². The second kappa shape index (κ2) is 10.1. The number of carbonyl (C=O) groups is 1. The van der Waals surface area contributed by atoms with Crippen LogP contribution in [0.5, 0.6) is 5.75 Å². The molecule has 3 rings (SSSR count). The minimum atomic E-state index is -0.533. The first kappa shape index (κ1) is 22.4. The Bertz CT molecular complexity index is 1070. The van der Waals surface area contributed by atoms with Gasteiger partial charge in [-0.15, -0.1) is 11.3 Å². The SMILES string of the molecule is COc1cccc(CCNC(=O)c2cc([N+](=O)[O-])c(Sc3c(Cl)cncc3Cl)s2)c1. The van der Waals surface area contributed by atoms with Gasteiger partial charge in [0.1, 0.15) is 14.8 Å². The molecule has 156 valence electrons. The molecule has 3 aromatic rings. The maximum atomic E-state index is 12.5. The quantitative estimate of drug-likeness (QED) is 0.336. The lowest BCUT2D eigenvalue weighted by Crippen LogP contribution is -2.24. The van der Waals surface area contributed by atoms with Crippen LogP contribution in [0.2, 0.25) is 10.0 Å². The molecule has 11 heteroatoms. The Labute approximate surface area is 190 Å². The summed E-state index contributed by atoms with van der Waals surface area (Å²) in [6.45, 7) is 0.377. The van der Waals surface area contributed by atoms with Gasteiger partial charge in [0.25, 0.3) is 11.6 Å². The highest BCUT2D eigenvalue weighted by atomic mass is 35.5. The monoisotopic (exact) mass is 483 g/mol. The Morgan fingerprint density at radius 2 is 2.03 bits per heavy atom. The molecule has 2 aromatic heterocycles. The average molecular weight is 484 g/mol. The van der Waals surface area contributed by atoms with E-state index in [9.17, 15) is 14.9 Å². The molecule has 0 aliphatic heterocycles. The molecule has 0 spiro atoms. The van der Waals surface area contributed by atoms with E-state index in [0.717, 1.165) is 34.4 Å². The predicted molar refractivity (Wildman–Crippen MR) is 118 cm³/mol. The summed E-state index contributed by atoms with van der Waals surface area (Å²) in [4.78, 5) is 28.0. The summed E-state index contributed by atoms with van der Waals surface area (Å²) >= 11 is 14.3. The lowest BCUT2D eigenvalue weighted by atomic mass is 10.1. The summed E-state index contributed by atoms with van der Waals surface area (Å²) < 4.78 is 5.49. The van der Waals surface area contributed by atoms with E-state index in [1.54, 1.807) is 7.11 Å². The van der Waals surface area contributed by atoms with Crippen LogP contribution in [0, 0.1) is 10.1 Å². The number of hydrogen-bond acceptors (Lipinski definition) is 7. The third-order valence-electron chi connectivity index (χ3n) is 3.94. The van der Waals surface area contributed by atoms with Gasteiger partial charge in [0, 0.05) is 25.0 Å². The van der Waals surface area contributed by atoms with Gasteiger partial charge in [-0.3, -0.25) is 19.9 Å². The summed E-state index contributed by atoms with van der Waals surface area (Å²) in [7, 11) is 1.59. The minimum absolute atomic E-state index is 0.174. The third kappa shape index (κ3) is 5.42. The number of nitro groups is 1. The first-order valence-corrected chi connectivity index (χ1v) is 10.9. The zero-order valence-corrected chi connectivity index (χ0v) is 18.7. The number of pyridine rings is 1. The van der Waals surface area contributed by atoms with Gasteiger partial charge < -0.3 is 10.1 Å². The van der Waals surface area contributed by atoms with Crippen LogP contribution in [0.25, 0.3) is 0 Å². The first-order valence-electron chi connectivity index (χ1n) is 8.55. The van der Waals surface area contributed by atoms with E-state index in [4.69, 9.17) is 27.9 Å². The van der Waals surface area contributed by atoms with Gasteiger partial charge in [-0.1, -0.05) is 47.1 Å². The van der Waals surface area contributed by atoms with Gasteiger partial charge in [-0.2, -0.15) is 0 Å². The van der Waals surface area contributed by atoms with Crippen molar-refractivity contribution in [1.82, 2.24) is 10.3 Å². The molecule has 0 aliphatic rings. The Hall–Kier alpha value is -2.33. The van der Waals surface area contributed by atoms with Crippen molar-refractivity contribution in [3.05, 3.63) is 73.3 Å². The number of carbonyl (C=O) groups excluding carboxylic acids is 1. The molecule has 0 aliphatic carbocycles. The van der Waals surface area contributed by atoms with Crippen molar-refractivity contribution in [2.24, 2.45) is 0 Å². The zero-order valence-electron chi connectivity index (χ0n) is 15.6. The molecule has 30 heavy (non-hydrogen) atoms. The molecule has 2 heterocycles. The van der Waals surface area contributed by atoms with E-state index >= 15 is 0 Å². The number of nitrogens with one attached hydrogen (secondary N) is 1. The van der Waals surface area contributed by atoms with Crippen LogP contribution in [0.4, 0.5) is 5.69 Å². The number of thiophene rings is 1. The Balaban J connectivity index is 1.72. The Morgan fingerprint density at radius 1 is 1.30 bits per heavy atom. The van der Waals surface area contributed by atoms with Gasteiger partial charge in [0.05, 0.1) is 27.0 Å². The summed E-state index contributed by atoms with van der Waals surface area (Å²) in [5, 5.41) is 14.8. The third-order valence-corrected chi connectivity index (χ3v) is 7.19. The van der Waals surface area contributed by atoms with E-state index in [-0.39, 0.29) is 26.5 Å². The largest absolute Gasteiger partial charge is 0.497 e. The van der Waals surface area contributed by atoms with Crippen LogP contribution in [0.3, 0.4) is 0 Å². The number of rotatable bonds is 8. The number of halogens is 2. The van der Waals surface area contributed by atoms with Crippen molar-refractivity contribution in [3.63, 3.8) is 0 Å². The summed E-state index contributed by atoms with van der Waals surface area (Å²) in [6, 6.07) is 8.79. The maximum Gasteiger partial charge on any atom is 0.294 e. The van der Waals surface area contributed by atoms with E-state index in [0.29, 0.717) is 22.1 Å². The fraction of sp³-hybridized carbons (Fsp3) is 0.158. The van der Waals surface area contributed by atoms with Gasteiger partial charge in [0.2, 0.25) is 0 Å². The fourth-order valence-electron chi connectivity index (χ4n) is 2.50. The van der Waals surface area contributed by atoms with Crippen LogP contribution in [-0.2, 0) is 6.42 Å². The highest BCUT2D eigenvalue weighted by Gasteiger charge is 2.24. The van der Waals surface area contributed by atoms with Crippen molar-refractivity contribution >= 4 is 57.9 Å². The number of ether oxygens (including phenoxy) is 1.